The summed E-state index contributed by atoms with van der Waals surface area (Å²) in [5.41, 5.74) is 0.943. The Hall–Kier alpha value is -2.92. The fraction of sp³-hybridized carbons (Fsp3) is 0.381. The van der Waals surface area contributed by atoms with E-state index in [1.54, 1.807) is 29.3 Å². The van der Waals surface area contributed by atoms with E-state index in [1.807, 2.05) is 13.8 Å². The molecule has 11 heteroatoms. The molecule has 0 aliphatic rings. The number of fused-ring (bicyclic) bond motifs is 2. The van der Waals surface area contributed by atoms with Gasteiger partial charge in [-0.3, -0.25) is 23.3 Å². The summed E-state index contributed by atoms with van der Waals surface area (Å²) in [5, 5.41) is 1.28. The van der Waals surface area contributed by atoms with Gasteiger partial charge in [-0.2, -0.15) is 0 Å². The molecule has 32 heavy (non-hydrogen) atoms. The first-order valence-electron chi connectivity index (χ1n) is 10.1. The Morgan fingerprint density at radius 3 is 2.62 bits per heavy atom. The highest BCUT2D eigenvalue weighted by Crippen LogP contribution is 2.28. The summed E-state index contributed by atoms with van der Waals surface area (Å²) < 4.78 is 5.89. The Morgan fingerprint density at radius 2 is 1.91 bits per heavy atom. The molecule has 4 rings (SSSR count). The van der Waals surface area contributed by atoms with Gasteiger partial charge in [0.05, 0.1) is 11.7 Å². The Morgan fingerprint density at radius 1 is 1.16 bits per heavy atom. The highest BCUT2D eigenvalue weighted by Gasteiger charge is 2.17. The van der Waals surface area contributed by atoms with Crippen molar-refractivity contribution in [3.05, 3.63) is 60.6 Å². The molecule has 0 fully saturated rings. The van der Waals surface area contributed by atoms with Crippen molar-refractivity contribution in [1.82, 2.24) is 28.2 Å². The number of hydrogen-bond acceptors (Lipinski definition) is 7. The number of thiophene rings is 1. The van der Waals surface area contributed by atoms with Gasteiger partial charge in [-0.15, -0.1) is 17.9 Å². The third-order valence-electron chi connectivity index (χ3n) is 5.52. The second-order valence-electron chi connectivity index (χ2n) is 7.59. The monoisotopic (exact) mass is 472 g/mol. The number of rotatable bonds is 7. The topological polar surface area (TPSA) is 96.7 Å². The standard InChI is InChI=1S/C21H24N6O3S2/c1-6-8-26-18(28)14-12(2)13(3)32-17(14)23-20(26)31-10-7-9-27-19(29)15-16(22-11-24(15)4)25(5)21(27)30/h6,11H,1,7-10H2,2-5H3. The van der Waals surface area contributed by atoms with Gasteiger partial charge in [-0.25, -0.2) is 14.8 Å². The molecular formula is C21H24N6O3S2. The molecular weight excluding hydrogens is 448 g/mol. The predicted octanol–water partition coefficient (Wildman–Crippen LogP) is 2.19. The molecule has 9 nitrogen and oxygen atoms in total. The van der Waals surface area contributed by atoms with Gasteiger partial charge in [0.1, 0.15) is 4.83 Å². The van der Waals surface area contributed by atoms with Crippen molar-refractivity contribution >= 4 is 44.5 Å². The molecule has 0 saturated heterocycles. The van der Waals surface area contributed by atoms with Gasteiger partial charge in [-0.05, 0) is 25.8 Å². The molecule has 0 amide bonds. The number of hydrogen-bond donors (Lipinski definition) is 0. The average Bonchev–Trinajstić information content (AvgIpc) is 3.28. The molecule has 0 aliphatic carbocycles. The van der Waals surface area contributed by atoms with Crippen molar-refractivity contribution < 1.29 is 0 Å². The van der Waals surface area contributed by atoms with Gasteiger partial charge >= 0.3 is 5.69 Å². The van der Waals surface area contributed by atoms with Crippen LogP contribution in [0.15, 0.2) is 38.5 Å². The summed E-state index contributed by atoms with van der Waals surface area (Å²) >= 11 is 2.96. The molecule has 0 aromatic carbocycles. The third-order valence-corrected chi connectivity index (χ3v) is 7.69. The lowest BCUT2D eigenvalue weighted by Gasteiger charge is -2.11. The molecule has 4 heterocycles. The van der Waals surface area contributed by atoms with E-state index in [0.29, 0.717) is 40.4 Å². The zero-order chi connectivity index (χ0) is 23.2. The van der Waals surface area contributed by atoms with E-state index in [-0.39, 0.29) is 23.4 Å². The number of thioether (sulfide) groups is 1. The van der Waals surface area contributed by atoms with Gasteiger partial charge < -0.3 is 4.57 Å². The largest absolute Gasteiger partial charge is 0.332 e. The minimum Gasteiger partial charge on any atom is -0.328 e. The van der Waals surface area contributed by atoms with Crippen molar-refractivity contribution in [3.63, 3.8) is 0 Å². The summed E-state index contributed by atoms with van der Waals surface area (Å²) in [6, 6.07) is 0. The first-order valence-corrected chi connectivity index (χ1v) is 11.9. The van der Waals surface area contributed by atoms with Crippen LogP contribution in [0.1, 0.15) is 16.9 Å². The van der Waals surface area contributed by atoms with Gasteiger partial charge in [0.25, 0.3) is 11.1 Å². The van der Waals surface area contributed by atoms with Crippen LogP contribution in [0.25, 0.3) is 21.4 Å². The quantitative estimate of drug-likeness (QED) is 0.177. The SMILES string of the molecule is C=CCn1c(SCCCn2c(=O)c3c(ncn3C)n(C)c2=O)nc2sc(C)c(C)c2c1=O. The first-order chi connectivity index (χ1) is 15.3. The Kier molecular flexibility index (Phi) is 5.95. The van der Waals surface area contributed by atoms with Crippen LogP contribution >= 0.6 is 23.1 Å². The van der Waals surface area contributed by atoms with Crippen molar-refractivity contribution in [3.8, 4) is 0 Å². The van der Waals surface area contributed by atoms with Crippen LogP contribution in [0.2, 0.25) is 0 Å². The predicted molar refractivity (Wildman–Crippen MR) is 129 cm³/mol. The summed E-state index contributed by atoms with van der Waals surface area (Å²) in [7, 11) is 3.34. The maximum absolute atomic E-state index is 13.1. The summed E-state index contributed by atoms with van der Waals surface area (Å²) in [6.45, 7) is 8.33. The van der Waals surface area contributed by atoms with Crippen LogP contribution in [0.5, 0.6) is 0 Å². The molecule has 4 aromatic rings. The van der Waals surface area contributed by atoms with E-state index in [0.717, 1.165) is 15.3 Å². The van der Waals surface area contributed by atoms with Gasteiger partial charge in [0.15, 0.2) is 16.3 Å². The average molecular weight is 473 g/mol. The molecule has 0 radical (unpaired) electrons. The fourth-order valence-corrected chi connectivity index (χ4v) is 5.69. The van der Waals surface area contributed by atoms with Gasteiger partial charge in [0.2, 0.25) is 0 Å². The van der Waals surface area contributed by atoms with E-state index in [2.05, 4.69) is 11.6 Å². The highest BCUT2D eigenvalue weighted by molar-refractivity contribution is 7.99. The van der Waals surface area contributed by atoms with Crippen LogP contribution in [0.4, 0.5) is 0 Å². The van der Waals surface area contributed by atoms with E-state index < -0.39 is 0 Å². The van der Waals surface area contributed by atoms with E-state index in [4.69, 9.17) is 4.98 Å². The van der Waals surface area contributed by atoms with Crippen molar-refractivity contribution in [1.29, 1.82) is 0 Å². The molecule has 4 aromatic heterocycles. The summed E-state index contributed by atoms with van der Waals surface area (Å²) in [5.74, 6) is 0.595. The molecule has 168 valence electrons. The zero-order valence-corrected chi connectivity index (χ0v) is 20.0. The smallest absolute Gasteiger partial charge is 0.328 e. The zero-order valence-electron chi connectivity index (χ0n) is 18.4. The number of allylic oxidation sites excluding steroid dienone is 1. The number of aryl methyl sites for hydroxylation is 4. The summed E-state index contributed by atoms with van der Waals surface area (Å²) in [6.07, 6.45) is 3.77. The third kappa shape index (κ3) is 3.55. The number of imidazole rings is 1. The first kappa shape index (κ1) is 22.3. The van der Waals surface area contributed by atoms with Gasteiger partial charge in [-0.1, -0.05) is 17.8 Å². The van der Waals surface area contributed by atoms with Crippen LogP contribution in [-0.2, 0) is 27.2 Å². The molecule has 0 N–H and O–H groups in total. The lowest BCUT2D eigenvalue weighted by Crippen LogP contribution is -2.39. The van der Waals surface area contributed by atoms with Crippen molar-refractivity contribution in [2.24, 2.45) is 14.1 Å². The van der Waals surface area contributed by atoms with Crippen LogP contribution in [0.3, 0.4) is 0 Å². The maximum Gasteiger partial charge on any atom is 0.332 e. The summed E-state index contributed by atoms with van der Waals surface area (Å²) in [4.78, 5) is 49.2. The number of aromatic nitrogens is 6. The lowest BCUT2D eigenvalue weighted by molar-refractivity contribution is 0.593. The van der Waals surface area contributed by atoms with E-state index in [9.17, 15) is 14.4 Å². The van der Waals surface area contributed by atoms with Crippen molar-refractivity contribution in [2.45, 2.75) is 38.5 Å². The number of nitrogens with zero attached hydrogens (tertiary/aromatic N) is 6. The van der Waals surface area contributed by atoms with E-state index in [1.165, 1.54) is 38.6 Å². The van der Waals surface area contributed by atoms with Crippen LogP contribution in [-0.4, -0.2) is 34.0 Å². The molecule has 0 spiro atoms. The molecule has 0 unspecified atom stereocenters. The minimum atomic E-state index is -0.390. The minimum absolute atomic E-state index is 0.0639. The normalized spacial score (nSPS) is 11.6. The van der Waals surface area contributed by atoms with Crippen LogP contribution in [0, 0.1) is 13.8 Å². The maximum atomic E-state index is 13.1. The lowest BCUT2D eigenvalue weighted by atomic mass is 10.2. The molecule has 0 bridgehead atoms. The fourth-order valence-electron chi connectivity index (χ4n) is 3.69. The Labute approximate surface area is 191 Å². The van der Waals surface area contributed by atoms with Crippen molar-refractivity contribution in [2.75, 3.05) is 5.75 Å². The highest BCUT2D eigenvalue weighted by atomic mass is 32.2. The van der Waals surface area contributed by atoms with Crippen LogP contribution < -0.4 is 16.8 Å². The molecule has 0 aliphatic heterocycles. The second kappa shape index (κ2) is 8.55. The van der Waals surface area contributed by atoms with E-state index >= 15 is 0 Å². The van der Waals surface area contributed by atoms with Gasteiger partial charge in [0, 0.05) is 37.8 Å². The Balaban J connectivity index is 1.59. The second-order valence-corrected chi connectivity index (χ2v) is 9.86. The molecule has 0 saturated carbocycles. The molecule has 0 atom stereocenters. The Bertz CT molecular complexity index is 1540.